The van der Waals surface area contributed by atoms with Crippen LogP contribution in [0.3, 0.4) is 0 Å². The molecule has 0 saturated carbocycles. The second kappa shape index (κ2) is 8.67. The van der Waals surface area contributed by atoms with Crippen LogP contribution in [-0.2, 0) is 11.3 Å². The zero-order valence-electron chi connectivity index (χ0n) is 15.9. The van der Waals surface area contributed by atoms with E-state index in [0.29, 0.717) is 35.5 Å². The van der Waals surface area contributed by atoms with Crippen molar-refractivity contribution in [3.8, 4) is 0 Å². The molecule has 1 aliphatic rings. The lowest BCUT2D eigenvalue weighted by molar-refractivity contribution is -0.00539. The van der Waals surface area contributed by atoms with E-state index in [2.05, 4.69) is 5.32 Å². The van der Waals surface area contributed by atoms with E-state index in [4.69, 9.17) is 22.7 Å². The lowest BCUT2D eigenvalue weighted by atomic mass is 10.1. The second-order valence-corrected chi connectivity index (χ2v) is 7.51. The van der Waals surface area contributed by atoms with Crippen LogP contribution in [0.25, 0.3) is 0 Å². The maximum absolute atomic E-state index is 14.6. The molecular formula is C21H24FN3O2S. The van der Waals surface area contributed by atoms with Crippen molar-refractivity contribution in [2.75, 3.05) is 18.0 Å². The van der Waals surface area contributed by atoms with Crippen LogP contribution >= 0.6 is 12.2 Å². The third-order valence-electron chi connectivity index (χ3n) is 4.66. The zero-order chi connectivity index (χ0) is 20.3. The maximum atomic E-state index is 14.6. The number of hydrogen-bond acceptors (Lipinski definition) is 4. The lowest BCUT2D eigenvalue weighted by Crippen LogP contribution is -2.45. The van der Waals surface area contributed by atoms with Crippen LogP contribution in [0, 0.1) is 5.82 Å². The third kappa shape index (κ3) is 4.85. The number of ether oxygens (including phenoxy) is 1. The SMILES string of the molecule is C[C@@H]1CN(c2ccc(CNC(=O)c3ccc(C(N)=S)cc3)cc2F)C[C@H](C)O1. The molecule has 1 amide bonds. The minimum absolute atomic E-state index is 0.0575. The molecule has 0 spiro atoms. The van der Waals surface area contributed by atoms with E-state index in [0.717, 1.165) is 0 Å². The first-order valence-corrected chi connectivity index (χ1v) is 9.61. The highest BCUT2D eigenvalue weighted by Gasteiger charge is 2.24. The molecule has 1 heterocycles. The Morgan fingerprint density at radius 3 is 2.36 bits per heavy atom. The first-order valence-electron chi connectivity index (χ1n) is 9.20. The van der Waals surface area contributed by atoms with E-state index in [9.17, 15) is 9.18 Å². The van der Waals surface area contributed by atoms with Gasteiger partial charge in [0.15, 0.2) is 0 Å². The van der Waals surface area contributed by atoms with Gasteiger partial charge in [0.05, 0.1) is 17.9 Å². The van der Waals surface area contributed by atoms with Crippen LogP contribution in [0.15, 0.2) is 42.5 Å². The Hall–Kier alpha value is -2.51. The molecule has 1 fully saturated rings. The normalized spacial score (nSPS) is 19.3. The van der Waals surface area contributed by atoms with Crippen LogP contribution in [0.2, 0.25) is 0 Å². The molecule has 1 aliphatic heterocycles. The van der Waals surface area contributed by atoms with Crippen LogP contribution in [0.1, 0.15) is 35.3 Å². The van der Waals surface area contributed by atoms with Gasteiger partial charge in [0, 0.05) is 30.8 Å². The Kier molecular flexibility index (Phi) is 6.26. The second-order valence-electron chi connectivity index (χ2n) is 7.07. The van der Waals surface area contributed by atoms with Crippen molar-refractivity contribution < 1.29 is 13.9 Å². The fourth-order valence-electron chi connectivity index (χ4n) is 3.36. The van der Waals surface area contributed by atoms with E-state index >= 15 is 0 Å². The van der Waals surface area contributed by atoms with Crippen molar-refractivity contribution in [1.82, 2.24) is 5.32 Å². The number of benzene rings is 2. The number of thiocarbonyl (C=S) groups is 1. The average molecular weight is 402 g/mol. The van der Waals surface area contributed by atoms with Gasteiger partial charge in [-0.2, -0.15) is 0 Å². The molecule has 3 rings (SSSR count). The number of carbonyl (C=O) groups excluding carboxylic acids is 1. The predicted molar refractivity (Wildman–Crippen MR) is 112 cm³/mol. The Balaban J connectivity index is 1.62. The number of carbonyl (C=O) groups is 1. The molecule has 0 radical (unpaired) electrons. The highest BCUT2D eigenvalue weighted by molar-refractivity contribution is 7.80. The van der Waals surface area contributed by atoms with E-state index in [1.165, 1.54) is 6.07 Å². The van der Waals surface area contributed by atoms with Crippen molar-refractivity contribution in [3.63, 3.8) is 0 Å². The number of amides is 1. The first-order chi connectivity index (χ1) is 13.3. The van der Waals surface area contributed by atoms with Crippen molar-refractivity contribution in [2.45, 2.75) is 32.6 Å². The maximum Gasteiger partial charge on any atom is 0.251 e. The molecule has 0 aromatic heterocycles. The van der Waals surface area contributed by atoms with E-state index < -0.39 is 0 Å². The standard InChI is InChI=1S/C21H24FN3O2S/c1-13-11-25(12-14(2)27-13)19-8-3-15(9-18(19)22)10-24-21(26)17-6-4-16(5-7-17)20(23)28/h3-9,13-14H,10-12H2,1-2H3,(H2,23,28)(H,24,26)/t13-,14+. The molecule has 28 heavy (non-hydrogen) atoms. The van der Waals surface area contributed by atoms with Gasteiger partial charge in [-0.1, -0.05) is 30.4 Å². The fraction of sp³-hybridized carbons (Fsp3) is 0.333. The summed E-state index contributed by atoms with van der Waals surface area (Å²) in [5.41, 5.74) is 8.01. The summed E-state index contributed by atoms with van der Waals surface area (Å²) in [6.07, 6.45) is 0.115. The lowest BCUT2D eigenvalue weighted by Gasteiger charge is -2.37. The molecule has 0 bridgehead atoms. The van der Waals surface area contributed by atoms with Crippen molar-refractivity contribution >= 4 is 28.8 Å². The Morgan fingerprint density at radius 1 is 1.18 bits per heavy atom. The molecule has 1 saturated heterocycles. The smallest absolute Gasteiger partial charge is 0.251 e. The predicted octanol–water partition coefficient (Wildman–Crippen LogP) is 3.00. The Bertz CT molecular complexity index is 862. The van der Waals surface area contributed by atoms with E-state index in [1.54, 1.807) is 30.3 Å². The summed E-state index contributed by atoms with van der Waals surface area (Å²) < 4.78 is 20.3. The molecule has 0 aliphatic carbocycles. The van der Waals surface area contributed by atoms with Gasteiger partial charge >= 0.3 is 0 Å². The molecule has 0 unspecified atom stereocenters. The van der Waals surface area contributed by atoms with Crippen LogP contribution in [0.4, 0.5) is 10.1 Å². The molecule has 5 nitrogen and oxygen atoms in total. The number of morpholine rings is 1. The number of halogens is 1. The Morgan fingerprint density at radius 2 is 1.79 bits per heavy atom. The highest BCUT2D eigenvalue weighted by atomic mass is 32.1. The largest absolute Gasteiger partial charge is 0.389 e. The minimum Gasteiger partial charge on any atom is -0.389 e. The molecule has 2 atom stereocenters. The molecule has 3 N–H and O–H groups in total. The number of anilines is 1. The van der Waals surface area contributed by atoms with Gasteiger partial charge in [0.2, 0.25) is 0 Å². The van der Waals surface area contributed by atoms with Crippen molar-refractivity contribution in [3.05, 3.63) is 65.0 Å². The molecular weight excluding hydrogens is 377 g/mol. The van der Waals surface area contributed by atoms with Gasteiger partial charge in [-0.05, 0) is 43.7 Å². The van der Waals surface area contributed by atoms with Crippen LogP contribution in [-0.4, -0.2) is 36.2 Å². The number of nitrogens with two attached hydrogens (primary N) is 1. The topological polar surface area (TPSA) is 67.6 Å². The van der Waals surface area contributed by atoms with Gasteiger partial charge in [-0.15, -0.1) is 0 Å². The summed E-state index contributed by atoms with van der Waals surface area (Å²) >= 11 is 4.90. The third-order valence-corrected chi connectivity index (χ3v) is 4.89. The quantitative estimate of drug-likeness (QED) is 0.754. The number of nitrogens with one attached hydrogen (secondary N) is 1. The summed E-state index contributed by atoms with van der Waals surface area (Å²) in [7, 11) is 0. The molecule has 2 aromatic rings. The summed E-state index contributed by atoms with van der Waals surface area (Å²) in [5.74, 6) is -0.538. The summed E-state index contributed by atoms with van der Waals surface area (Å²) in [6.45, 7) is 5.51. The minimum atomic E-state index is -0.297. The van der Waals surface area contributed by atoms with Gasteiger partial charge in [-0.25, -0.2) is 4.39 Å². The molecule has 148 valence electrons. The first kappa shape index (κ1) is 20.2. The molecule has 2 aromatic carbocycles. The summed E-state index contributed by atoms with van der Waals surface area (Å²) in [4.78, 5) is 14.6. The van der Waals surface area contributed by atoms with Gasteiger partial charge < -0.3 is 20.7 Å². The highest BCUT2D eigenvalue weighted by Crippen LogP contribution is 2.24. The van der Waals surface area contributed by atoms with Gasteiger partial charge in [-0.3, -0.25) is 4.79 Å². The number of nitrogens with zero attached hydrogens (tertiary/aromatic N) is 1. The monoisotopic (exact) mass is 401 g/mol. The number of rotatable bonds is 5. The van der Waals surface area contributed by atoms with Gasteiger partial charge in [0.25, 0.3) is 5.91 Å². The van der Waals surface area contributed by atoms with E-state index in [1.807, 2.05) is 24.8 Å². The van der Waals surface area contributed by atoms with Crippen LogP contribution < -0.4 is 16.0 Å². The van der Waals surface area contributed by atoms with Gasteiger partial charge in [0.1, 0.15) is 10.8 Å². The van der Waals surface area contributed by atoms with Crippen LogP contribution in [0.5, 0.6) is 0 Å². The number of hydrogen-bond donors (Lipinski definition) is 2. The zero-order valence-corrected chi connectivity index (χ0v) is 16.8. The summed E-state index contributed by atoms with van der Waals surface area (Å²) in [6, 6.07) is 11.8. The fourth-order valence-corrected chi connectivity index (χ4v) is 3.50. The Labute approximate surface area is 169 Å². The van der Waals surface area contributed by atoms with E-state index in [-0.39, 0.29) is 35.5 Å². The average Bonchev–Trinajstić information content (AvgIpc) is 2.65. The van der Waals surface area contributed by atoms with Crippen molar-refractivity contribution in [1.29, 1.82) is 0 Å². The molecule has 7 heteroatoms. The summed E-state index contributed by atoms with van der Waals surface area (Å²) in [5, 5.41) is 2.80. The van der Waals surface area contributed by atoms with Crippen molar-refractivity contribution in [2.24, 2.45) is 5.73 Å².